The van der Waals surface area contributed by atoms with Crippen molar-refractivity contribution in [3.63, 3.8) is 0 Å². The fourth-order valence-corrected chi connectivity index (χ4v) is 1.91. The van der Waals surface area contributed by atoms with Crippen molar-refractivity contribution >= 4 is 34.4 Å². The summed E-state index contributed by atoms with van der Waals surface area (Å²) < 4.78 is 6.07. The fraction of sp³-hybridized carbons (Fsp3) is 0.182. The predicted octanol–water partition coefficient (Wildman–Crippen LogP) is 3.05. The van der Waals surface area contributed by atoms with Gasteiger partial charge in [-0.1, -0.05) is 12.2 Å². The van der Waals surface area contributed by atoms with Gasteiger partial charge in [-0.05, 0) is 25.5 Å². The smallest absolute Gasteiger partial charge is 0.229 e. The van der Waals surface area contributed by atoms with E-state index in [0.717, 1.165) is 22.2 Å². The number of nitrogens with one attached hydrogen (secondary N) is 1. The van der Waals surface area contributed by atoms with E-state index in [1.165, 1.54) is 0 Å². The monoisotopic (exact) mass is 231 g/mol. The van der Waals surface area contributed by atoms with Gasteiger partial charge in [0.15, 0.2) is 10.2 Å². The third kappa shape index (κ3) is 1.18. The van der Waals surface area contributed by atoms with Crippen molar-refractivity contribution in [2.75, 3.05) is 0 Å². The molecule has 3 heterocycles. The molecule has 0 spiro atoms. The minimum Gasteiger partial charge on any atom is -0.433 e. The Hall–Kier alpha value is -1.75. The molecule has 3 aromatic rings. The molecule has 0 fully saturated rings. The third-order valence-electron chi connectivity index (χ3n) is 2.71. The van der Waals surface area contributed by atoms with E-state index in [1.54, 1.807) is 6.33 Å². The molecule has 1 N–H and O–H groups in total. The molecule has 0 amide bonds. The zero-order chi connectivity index (χ0) is 11.3. The molecule has 0 unspecified atom stereocenters. The lowest BCUT2D eigenvalue weighted by Crippen LogP contribution is -1.85. The topological polar surface area (TPSA) is 54.7 Å². The predicted molar refractivity (Wildman–Crippen MR) is 64.0 cm³/mol. The van der Waals surface area contributed by atoms with Crippen LogP contribution in [-0.4, -0.2) is 15.0 Å². The van der Waals surface area contributed by atoms with Gasteiger partial charge < -0.3 is 9.40 Å². The Morgan fingerprint density at radius 3 is 3.00 bits per heavy atom. The van der Waals surface area contributed by atoms with Crippen molar-refractivity contribution in [2.45, 2.75) is 13.8 Å². The summed E-state index contributed by atoms with van der Waals surface area (Å²) in [6.45, 7) is 3.98. The van der Waals surface area contributed by atoms with E-state index >= 15 is 0 Å². The van der Waals surface area contributed by atoms with Gasteiger partial charge in [0, 0.05) is 5.69 Å². The Balaban J connectivity index is 2.61. The summed E-state index contributed by atoms with van der Waals surface area (Å²) in [7, 11) is 0. The molecule has 0 aromatic carbocycles. The Kier molecular flexibility index (Phi) is 1.85. The molecule has 16 heavy (non-hydrogen) atoms. The number of nitrogens with zero attached hydrogens (tertiary/aromatic N) is 2. The molecule has 3 rings (SSSR count). The molecule has 0 aliphatic rings. The van der Waals surface area contributed by atoms with Crippen LogP contribution >= 0.6 is 12.2 Å². The van der Waals surface area contributed by atoms with Crippen LogP contribution in [0.15, 0.2) is 16.8 Å². The van der Waals surface area contributed by atoms with Gasteiger partial charge in [-0.2, -0.15) is 0 Å². The van der Waals surface area contributed by atoms with E-state index in [2.05, 4.69) is 21.0 Å². The summed E-state index contributed by atoms with van der Waals surface area (Å²) in [5, 5.41) is 0.951. The van der Waals surface area contributed by atoms with Crippen molar-refractivity contribution in [2.24, 2.45) is 0 Å². The Morgan fingerprint density at radius 1 is 1.38 bits per heavy atom. The number of aryl methyl sites for hydroxylation is 2. The van der Waals surface area contributed by atoms with Crippen molar-refractivity contribution in [3.8, 4) is 0 Å². The van der Waals surface area contributed by atoms with Gasteiger partial charge in [0.2, 0.25) is 5.71 Å². The van der Waals surface area contributed by atoms with Crippen LogP contribution < -0.4 is 0 Å². The number of H-pyrrole nitrogens is 1. The van der Waals surface area contributed by atoms with Crippen LogP contribution in [0.3, 0.4) is 0 Å². The Morgan fingerprint density at radius 2 is 2.19 bits per heavy atom. The van der Waals surface area contributed by atoms with E-state index in [4.69, 9.17) is 16.6 Å². The standard InChI is InChI=1S/C11H9N3OS/c1-5-3-7-8-9(11(16)13-4-12-8)15-10(7)14-6(5)2/h3-4H,1-2H3,(H,12,13,16). The first-order valence-electron chi connectivity index (χ1n) is 4.91. The van der Waals surface area contributed by atoms with Crippen LogP contribution in [0.4, 0.5) is 0 Å². The van der Waals surface area contributed by atoms with E-state index in [9.17, 15) is 0 Å². The first-order chi connectivity index (χ1) is 7.66. The highest BCUT2D eigenvalue weighted by atomic mass is 32.1. The second-order valence-corrected chi connectivity index (χ2v) is 4.14. The van der Waals surface area contributed by atoms with Crippen LogP contribution in [0.1, 0.15) is 11.3 Å². The normalized spacial score (nSPS) is 11.4. The van der Waals surface area contributed by atoms with E-state index in [-0.39, 0.29) is 0 Å². The largest absolute Gasteiger partial charge is 0.433 e. The number of furan rings is 1. The zero-order valence-electron chi connectivity index (χ0n) is 8.87. The van der Waals surface area contributed by atoms with Gasteiger partial charge >= 0.3 is 0 Å². The van der Waals surface area contributed by atoms with E-state index < -0.39 is 0 Å². The average molecular weight is 231 g/mol. The maximum Gasteiger partial charge on any atom is 0.229 e. The van der Waals surface area contributed by atoms with E-state index in [1.807, 2.05) is 13.8 Å². The number of hydrogen-bond acceptors (Lipinski definition) is 4. The quantitative estimate of drug-likeness (QED) is 0.604. The van der Waals surface area contributed by atoms with Crippen molar-refractivity contribution in [1.29, 1.82) is 0 Å². The molecule has 0 saturated carbocycles. The number of pyridine rings is 1. The SMILES string of the molecule is Cc1cc2c(nc1C)oc1c(=S)nc[nH]c12. The molecule has 80 valence electrons. The molecular weight excluding hydrogens is 222 g/mol. The summed E-state index contributed by atoms with van der Waals surface area (Å²) in [4.78, 5) is 11.4. The highest BCUT2D eigenvalue weighted by Crippen LogP contribution is 2.27. The fourth-order valence-electron chi connectivity index (χ4n) is 1.72. The van der Waals surface area contributed by atoms with E-state index in [0.29, 0.717) is 15.9 Å². The lowest BCUT2D eigenvalue weighted by atomic mass is 10.2. The highest BCUT2D eigenvalue weighted by molar-refractivity contribution is 7.71. The molecule has 4 nitrogen and oxygen atoms in total. The first kappa shape index (κ1) is 9.47. The Bertz CT molecular complexity index is 757. The number of aromatic amines is 1. The van der Waals surface area contributed by atoms with Gasteiger partial charge in [0.05, 0.1) is 17.2 Å². The molecule has 0 aliphatic carbocycles. The minimum atomic E-state index is 0.460. The Labute approximate surface area is 96.3 Å². The number of fused-ring (bicyclic) bond motifs is 3. The lowest BCUT2D eigenvalue weighted by molar-refractivity contribution is 0.648. The number of aromatic nitrogens is 3. The van der Waals surface area contributed by atoms with Crippen molar-refractivity contribution in [3.05, 3.63) is 28.3 Å². The van der Waals surface area contributed by atoms with Crippen LogP contribution in [0.5, 0.6) is 0 Å². The summed E-state index contributed by atoms with van der Waals surface area (Å²) >= 11 is 5.11. The van der Waals surface area contributed by atoms with Gasteiger partial charge in [-0.25, -0.2) is 9.97 Å². The summed E-state index contributed by atoms with van der Waals surface area (Å²) in [6.07, 6.45) is 1.58. The van der Waals surface area contributed by atoms with Gasteiger partial charge in [0.1, 0.15) is 0 Å². The van der Waals surface area contributed by atoms with Crippen LogP contribution in [0.2, 0.25) is 0 Å². The molecule has 0 saturated heterocycles. The zero-order valence-corrected chi connectivity index (χ0v) is 9.68. The van der Waals surface area contributed by atoms with Crippen LogP contribution in [0, 0.1) is 18.5 Å². The average Bonchev–Trinajstić information content (AvgIpc) is 2.59. The summed E-state index contributed by atoms with van der Waals surface area (Å²) in [5.41, 5.74) is 4.17. The maximum atomic E-state index is 5.61. The summed E-state index contributed by atoms with van der Waals surface area (Å²) in [5.74, 6) is 0. The molecule has 0 bridgehead atoms. The second-order valence-electron chi connectivity index (χ2n) is 3.76. The van der Waals surface area contributed by atoms with Gasteiger partial charge in [0.25, 0.3) is 0 Å². The molecular formula is C11H9N3OS. The van der Waals surface area contributed by atoms with Crippen molar-refractivity contribution < 1.29 is 4.42 Å². The molecule has 0 radical (unpaired) electrons. The van der Waals surface area contributed by atoms with Crippen LogP contribution in [0.25, 0.3) is 22.2 Å². The minimum absolute atomic E-state index is 0.460. The van der Waals surface area contributed by atoms with Crippen LogP contribution in [-0.2, 0) is 0 Å². The highest BCUT2D eigenvalue weighted by Gasteiger charge is 2.11. The summed E-state index contributed by atoms with van der Waals surface area (Å²) in [6, 6.07) is 2.05. The number of rotatable bonds is 0. The second kappa shape index (κ2) is 3.12. The first-order valence-corrected chi connectivity index (χ1v) is 5.32. The van der Waals surface area contributed by atoms with Crippen molar-refractivity contribution in [1.82, 2.24) is 15.0 Å². The maximum absolute atomic E-state index is 5.61. The number of hydrogen-bond donors (Lipinski definition) is 1. The molecule has 0 atom stereocenters. The lowest BCUT2D eigenvalue weighted by Gasteiger charge is -1.96. The van der Waals surface area contributed by atoms with Gasteiger partial charge in [-0.3, -0.25) is 0 Å². The molecule has 5 heteroatoms. The molecule has 3 aromatic heterocycles. The van der Waals surface area contributed by atoms with Gasteiger partial charge in [-0.15, -0.1) is 0 Å². The molecule has 0 aliphatic heterocycles. The third-order valence-corrected chi connectivity index (χ3v) is 3.00.